The molecule has 2 aromatic carbocycles. The van der Waals surface area contributed by atoms with Gasteiger partial charge in [-0.25, -0.2) is 0 Å². The van der Waals surface area contributed by atoms with Gasteiger partial charge in [-0.3, -0.25) is 14.5 Å². The highest BCUT2D eigenvalue weighted by molar-refractivity contribution is 6.35. The van der Waals surface area contributed by atoms with Crippen molar-refractivity contribution in [2.24, 2.45) is 0 Å². The number of imide groups is 1. The van der Waals surface area contributed by atoms with Crippen molar-refractivity contribution in [1.29, 1.82) is 0 Å². The molecule has 4 rings (SSSR count). The number of carbonyl (C=O) groups excluding carboxylic acids is 2. The van der Waals surface area contributed by atoms with Gasteiger partial charge in [0.15, 0.2) is 0 Å². The largest absolute Gasteiger partial charge is 0.366 e. The number of carbonyl (C=O) groups is 2. The molecule has 2 aliphatic rings. The second kappa shape index (κ2) is 7.03. The molecule has 2 aromatic rings. The Hall–Kier alpha value is -2.88. The van der Waals surface area contributed by atoms with Gasteiger partial charge >= 0.3 is 0 Å². The first-order valence-corrected chi connectivity index (χ1v) is 9.53. The molecular weight excluding hydrogens is 336 g/mol. The molecule has 4 heteroatoms. The highest BCUT2D eigenvalue weighted by Crippen LogP contribution is 2.34. The Balaban J connectivity index is 1.76. The predicted octanol–water partition coefficient (Wildman–Crippen LogP) is 3.68. The van der Waals surface area contributed by atoms with Crippen LogP contribution in [0.25, 0.3) is 5.57 Å². The van der Waals surface area contributed by atoms with Gasteiger partial charge in [0.1, 0.15) is 5.70 Å². The first-order valence-electron chi connectivity index (χ1n) is 9.53. The van der Waals surface area contributed by atoms with Crippen LogP contribution in [0.2, 0.25) is 0 Å². The van der Waals surface area contributed by atoms with Gasteiger partial charge in [-0.15, -0.1) is 0 Å². The number of hydrogen-bond donors (Lipinski definition) is 0. The second-order valence-corrected chi connectivity index (χ2v) is 7.40. The molecule has 0 saturated carbocycles. The van der Waals surface area contributed by atoms with E-state index in [1.165, 1.54) is 10.5 Å². The molecule has 0 spiro atoms. The molecule has 0 aromatic heterocycles. The van der Waals surface area contributed by atoms with Gasteiger partial charge in [-0.05, 0) is 48.9 Å². The number of likely N-dealkylation sites (tertiary alicyclic amines) is 1. The third kappa shape index (κ3) is 3.16. The zero-order chi connectivity index (χ0) is 19.0. The molecule has 0 aliphatic carbocycles. The Labute approximate surface area is 160 Å². The maximum atomic E-state index is 13.3. The molecule has 0 atom stereocenters. The van der Waals surface area contributed by atoms with Crippen LogP contribution in [0, 0.1) is 13.8 Å². The summed E-state index contributed by atoms with van der Waals surface area (Å²) in [6, 6.07) is 15.7. The van der Waals surface area contributed by atoms with Crippen molar-refractivity contribution in [3.63, 3.8) is 0 Å². The molecule has 0 bridgehead atoms. The molecule has 0 radical (unpaired) electrons. The smallest absolute Gasteiger partial charge is 0.278 e. The molecule has 1 fully saturated rings. The van der Waals surface area contributed by atoms with E-state index >= 15 is 0 Å². The van der Waals surface area contributed by atoms with Crippen LogP contribution < -0.4 is 0 Å². The van der Waals surface area contributed by atoms with Crippen LogP contribution in [0.1, 0.15) is 35.1 Å². The van der Waals surface area contributed by atoms with Crippen molar-refractivity contribution in [2.45, 2.75) is 33.2 Å². The minimum atomic E-state index is -0.186. The number of nitrogens with zero attached hydrogens (tertiary/aromatic N) is 2. The molecule has 4 nitrogen and oxygen atoms in total. The van der Waals surface area contributed by atoms with E-state index in [2.05, 4.69) is 11.8 Å². The first kappa shape index (κ1) is 17.5. The van der Waals surface area contributed by atoms with Gasteiger partial charge in [-0.2, -0.15) is 0 Å². The van der Waals surface area contributed by atoms with Gasteiger partial charge < -0.3 is 4.90 Å². The quantitative estimate of drug-likeness (QED) is 0.781. The lowest BCUT2D eigenvalue weighted by atomic mass is 9.99. The number of rotatable bonds is 4. The minimum absolute atomic E-state index is 0.168. The summed E-state index contributed by atoms with van der Waals surface area (Å²) < 4.78 is 0. The molecule has 2 heterocycles. The van der Waals surface area contributed by atoms with Crippen molar-refractivity contribution in [1.82, 2.24) is 9.80 Å². The van der Waals surface area contributed by atoms with Gasteiger partial charge in [-0.1, -0.05) is 48.5 Å². The van der Waals surface area contributed by atoms with E-state index in [1.54, 1.807) is 0 Å². The molecular formula is C23H24N2O2. The highest BCUT2D eigenvalue weighted by atomic mass is 16.2. The van der Waals surface area contributed by atoms with Crippen LogP contribution in [0.15, 0.2) is 54.2 Å². The monoisotopic (exact) mass is 360 g/mol. The Morgan fingerprint density at radius 1 is 0.852 bits per heavy atom. The van der Waals surface area contributed by atoms with Crippen LogP contribution >= 0.6 is 0 Å². The van der Waals surface area contributed by atoms with Crippen molar-refractivity contribution in [2.75, 3.05) is 13.1 Å². The normalized spacial score (nSPS) is 17.4. The van der Waals surface area contributed by atoms with Crippen molar-refractivity contribution in [3.05, 3.63) is 76.5 Å². The van der Waals surface area contributed by atoms with Crippen LogP contribution in [-0.4, -0.2) is 34.7 Å². The summed E-state index contributed by atoms with van der Waals surface area (Å²) in [6.07, 6.45) is 2.12. The fourth-order valence-electron chi connectivity index (χ4n) is 3.86. The highest BCUT2D eigenvalue weighted by Gasteiger charge is 2.42. The molecule has 1 saturated heterocycles. The number of hydrogen-bond acceptors (Lipinski definition) is 3. The maximum Gasteiger partial charge on any atom is 0.278 e. The summed E-state index contributed by atoms with van der Waals surface area (Å²) in [5.74, 6) is -0.354. The molecule has 2 aliphatic heterocycles. The summed E-state index contributed by atoms with van der Waals surface area (Å²) in [6.45, 7) is 6.07. The van der Waals surface area contributed by atoms with Crippen LogP contribution in [0.5, 0.6) is 0 Å². The Kier molecular flexibility index (Phi) is 4.56. The fraction of sp³-hybridized carbons (Fsp3) is 0.304. The predicted molar refractivity (Wildman–Crippen MR) is 106 cm³/mol. The minimum Gasteiger partial charge on any atom is -0.366 e. The average Bonchev–Trinajstić information content (AvgIpc) is 3.27. The van der Waals surface area contributed by atoms with Crippen LogP contribution in [0.3, 0.4) is 0 Å². The average molecular weight is 360 g/mol. The topological polar surface area (TPSA) is 40.6 Å². The summed E-state index contributed by atoms with van der Waals surface area (Å²) in [4.78, 5) is 30.0. The second-order valence-electron chi connectivity index (χ2n) is 7.40. The van der Waals surface area contributed by atoms with E-state index in [0.717, 1.165) is 42.6 Å². The first-order chi connectivity index (χ1) is 13.1. The van der Waals surface area contributed by atoms with Crippen LogP contribution in [-0.2, 0) is 16.1 Å². The van der Waals surface area contributed by atoms with Gasteiger partial charge in [0.2, 0.25) is 0 Å². The third-order valence-electron chi connectivity index (χ3n) is 5.54. The zero-order valence-electron chi connectivity index (χ0n) is 15.9. The number of aryl methyl sites for hydroxylation is 2. The van der Waals surface area contributed by atoms with Crippen molar-refractivity contribution >= 4 is 17.4 Å². The summed E-state index contributed by atoms with van der Waals surface area (Å²) >= 11 is 0. The number of benzene rings is 2. The van der Waals surface area contributed by atoms with Crippen molar-refractivity contribution < 1.29 is 9.59 Å². The molecule has 2 amide bonds. The Morgan fingerprint density at radius 2 is 1.56 bits per heavy atom. The molecule has 27 heavy (non-hydrogen) atoms. The van der Waals surface area contributed by atoms with E-state index in [1.807, 2.05) is 55.5 Å². The SMILES string of the molecule is Cc1ccc(C2=C(N3CCCC3)C(=O)N(Cc3ccccc3)C2=O)cc1C. The van der Waals surface area contributed by atoms with Gasteiger partial charge in [0, 0.05) is 13.1 Å². The van der Waals surface area contributed by atoms with Gasteiger partial charge in [0.25, 0.3) is 11.8 Å². The standard InChI is InChI=1S/C23H24N2O2/c1-16-10-11-19(14-17(16)2)20-21(24-12-6-7-13-24)23(27)25(22(20)26)15-18-8-4-3-5-9-18/h3-5,8-11,14H,6-7,12-13,15H2,1-2H3. The van der Waals surface area contributed by atoms with Crippen LogP contribution in [0.4, 0.5) is 0 Å². The summed E-state index contributed by atoms with van der Waals surface area (Å²) in [7, 11) is 0. The van der Waals surface area contributed by atoms with E-state index in [0.29, 0.717) is 17.8 Å². The summed E-state index contributed by atoms with van der Waals surface area (Å²) in [5.41, 5.74) is 5.25. The Morgan fingerprint density at radius 3 is 2.22 bits per heavy atom. The Bertz CT molecular complexity index is 925. The van der Waals surface area contributed by atoms with E-state index < -0.39 is 0 Å². The van der Waals surface area contributed by atoms with E-state index in [9.17, 15) is 9.59 Å². The van der Waals surface area contributed by atoms with E-state index in [-0.39, 0.29) is 11.8 Å². The van der Waals surface area contributed by atoms with Crippen molar-refractivity contribution in [3.8, 4) is 0 Å². The lowest BCUT2D eigenvalue weighted by Crippen LogP contribution is -2.34. The molecule has 138 valence electrons. The molecule has 0 N–H and O–H groups in total. The molecule has 0 unspecified atom stereocenters. The zero-order valence-corrected chi connectivity index (χ0v) is 15.9. The fourth-order valence-corrected chi connectivity index (χ4v) is 3.86. The van der Waals surface area contributed by atoms with Gasteiger partial charge in [0.05, 0.1) is 12.1 Å². The third-order valence-corrected chi connectivity index (χ3v) is 5.54. The maximum absolute atomic E-state index is 13.3. The number of amides is 2. The lowest BCUT2D eigenvalue weighted by molar-refractivity contribution is -0.138. The lowest BCUT2D eigenvalue weighted by Gasteiger charge is -2.20. The summed E-state index contributed by atoms with van der Waals surface area (Å²) in [5, 5.41) is 0. The van der Waals surface area contributed by atoms with E-state index in [4.69, 9.17) is 0 Å².